The van der Waals surface area contributed by atoms with Crippen LogP contribution in [0.4, 0.5) is 13.2 Å². The van der Waals surface area contributed by atoms with Crippen LogP contribution in [-0.2, 0) is 6.18 Å². The van der Waals surface area contributed by atoms with E-state index in [4.69, 9.17) is 5.26 Å². The summed E-state index contributed by atoms with van der Waals surface area (Å²) in [5.41, 5.74) is 1.38. The number of hydrogen-bond donors (Lipinski definition) is 0. The molecule has 0 aliphatic carbocycles. The second-order valence-corrected chi connectivity index (χ2v) is 5.78. The molecule has 0 bridgehead atoms. The molecule has 0 heterocycles. The zero-order valence-electron chi connectivity index (χ0n) is 11.5. The Bertz CT molecular complexity index is 714. The van der Waals surface area contributed by atoms with Crippen LogP contribution in [-0.4, -0.2) is 0 Å². The molecule has 0 fully saturated rings. The Morgan fingerprint density at radius 1 is 1.00 bits per heavy atom. The average molecular weight is 307 g/mol. The number of nitrogens with zero attached hydrogens (tertiary/aromatic N) is 1. The van der Waals surface area contributed by atoms with Gasteiger partial charge in [-0.3, -0.25) is 0 Å². The Labute approximate surface area is 125 Å². The Kier molecular flexibility index (Phi) is 4.29. The molecular weight excluding hydrogens is 295 g/mol. The molecule has 2 aromatic carbocycles. The Hall–Kier alpha value is -1.93. The van der Waals surface area contributed by atoms with E-state index in [0.717, 1.165) is 28.2 Å². The SMILES string of the molecule is Cc1ccc(Sc2ccc(C(F)(F)F)cc2C#N)c(C)c1. The summed E-state index contributed by atoms with van der Waals surface area (Å²) in [6.45, 7) is 3.91. The Morgan fingerprint density at radius 2 is 1.67 bits per heavy atom. The van der Waals surface area contributed by atoms with Crippen molar-refractivity contribution < 1.29 is 13.2 Å². The van der Waals surface area contributed by atoms with Gasteiger partial charge in [-0.25, -0.2) is 0 Å². The van der Waals surface area contributed by atoms with Gasteiger partial charge in [0.2, 0.25) is 0 Å². The summed E-state index contributed by atoms with van der Waals surface area (Å²) < 4.78 is 38.0. The van der Waals surface area contributed by atoms with Crippen molar-refractivity contribution in [2.75, 3.05) is 0 Å². The van der Waals surface area contributed by atoms with Gasteiger partial charge in [-0.1, -0.05) is 29.5 Å². The first-order valence-corrected chi connectivity index (χ1v) is 6.99. The van der Waals surface area contributed by atoms with E-state index in [1.54, 1.807) is 0 Å². The highest BCUT2D eigenvalue weighted by Crippen LogP contribution is 2.36. The lowest BCUT2D eigenvalue weighted by molar-refractivity contribution is -0.137. The van der Waals surface area contributed by atoms with Gasteiger partial charge < -0.3 is 0 Å². The highest BCUT2D eigenvalue weighted by atomic mass is 32.2. The molecule has 0 saturated heterocycles. The van der Waals surface area contributed by atoms with E-state index in [9.17, 15) is 13.2 Å². The summed E-state index contributed by atoms with van der Waals surface area (Å²) in [6, 6.07) is 10.9. The molecule has 0 aliphatic heterocycles. The van der Waals surface area contributed by atoms with E-state index in [1.807, 2.05) is 38.1 Å². The van der Waals surface area contributed by atoms with Crippen LogP contribution in [0.25, 0.3) is 0 Å². The van der Waals surface area contributed by atoms with Crippen LogP contribution < -0.4 is 0 Å². The van der Waals surface area contributed by atoms with Crippen molar-refractivity contribution in [1.82, 2.24) is 0 Å². The molecule has 0 atom stereocenters. The van der Waals surface area contributed by atoms with Crippen LogP contribution in [0.15, 0.2) is 46.2 Å². The van der Waals surface area contributed by atoms with E-state index < -0.39 is 11.7 Å². The molecule has 21 heavy (non-hydrogen) atoms. The summed E-state index contributed by atoms with van der Waals surface area (Å²) in [7, 11) is 0. The number of aryl methyl sites for hydroxylation is 2. The standard InChI is InChI=1S/C16H12F3NS/c1-10-3-5-14(11(2)7-10)21-15-6-4-13(16(17,18)19)8-12(15)9-20/h3-8H,1-2H3. The molecule has 0 saturated carbocycles. The molecule has 0 aliphatic rings. The summed E-state index contributed by atoms with van der Waals surface area (Å²) in [4.78, 5) is 1.45. The third-order valence-electron chi connectivity index (χ3n) is 2.98. The minimum Gasteiger partial charge on any atom is -0.192 e. The highest BCUT2D eigenvalue weighted by Gasteiger charge is 2.31. The van der Waals surface area contributed by atoms with Gasteiger partial charge in [-0.2, -0.15) is 18.4 Å². The van der Waals surface area contributed by atoms with Crippen molar-refractivity contribution in [2.24, 2.45) is 0 Å². The number of rotatable bonds is 2. The first kappa shape index (κ1) is 15.5. The Morgan fingerprint density at radius 3 is 2.24 bits per heavy atom. The molecule has 0 unspecified atom stereocenters. The van der Waals surface area contributed by atoms with Crippen LogP contribution in [0.3, 0.4) is 0 Å². The third kappa shape index (κ3) is 3.59. The lowest BCUT2D eigenvalue weighted by Gasteiger charge is -2.11. The summed E-state index contributed by atoms with van der Waals surface area (Å²) in [6.07, 6.45) is -4.44. The quantitative estimate of drug-likeness (QED) is 0.747. The third-order valence-corrected chi connectivity index (χ3v) is 4.23. The van der Waals surface area contributed by atoms with Crippen LogP contribution in [0.5, 0.6) is 0 Å². The maximum absolute atomic E-state index is 12.7. The monoisotopic (exact) mass is 307 g/mol. The lowest BCUT2D eigenvalue weighted by atomic mass is 10.1. The van der Waals surface area contributed by atoms with Crippen molar-refractivity contribution in [3.05, 3.63) is 58.7 Å². The van der Waals surface area contributed by atoms with E-state index in [0.29, 0.717) is 4.90 Å². The number of alkyl halides is 3. The maximum Gasteiger partial charge on any atom is 0.416 e. The molecule has 0 amide bonds. The second kappa shape index (κ2) is 5.82. The van der Waals surface area contributed by atoms with Gasteiger partial charge in [0.05, 0.1) is 11.1 Å². The van der Waals surface area contributed by atoms with Crippen molar-refractivity contribution >= 4 is 11.8 Å². The Balaban J connectivity index is 2.39. The van der Waals surface area contributed by atoms with Gasteiger partial charge in [0.1, 0.15) is 6.07 Å². The minimum atomic E-state index is -4.44. The van der Waals surface area contributed by atoms with Crippen molar-refractivity contribution in [3.63, 3.8) is 0 Å². The summed E-state index contributed by atoms with van der Waals surface area (Å²) >= 11 is 1.30. The molecule has 5 heteroatoms. The normalized spacial score (nSPS) is 11.2. The van der Waals surface area contributed by atoms with Crippen molar-refractivity contribution in [1.29, 1.82) is 5.26 Å². The van der Waals surface area contributed by atoms with Gasteiger partial charge >= 0.3 is 6.18 Å². The zero-order chi connectivity index (χ0) is 15.6. The fraction of sp³-hybridized carbons (Fsp3) is 0.188. The smallest absolute Gasteiger partial charge is 0.192 e. The van der Waals surface area contributed by atoms with Crippen molar-refractivity contribution in [2.45, 2.75) is 29.8 Å². The van der Waals surface area contributed by atoms with Crippen LogP contribution >= 0.6 is 11.8 Å². The first-order valence-electron chi connectivity index (χ1n) is 6.17. The summed E-state index contributed by atoms with van der Waals surface area (Å²) in [5.74, 6) is 0. The van der Waals surface area contributed by atoms with Gasteiger partial charge in [0.15, 0.2) is 0 Å². The topological polar surface area (TPSA) is 23.8 Å². The largest absolute Gasteiger partial charge is 0.416 e. The predicted octanol–water partition coefficient (Wildman–Crippen LogP) is 5.35. The van der Waals surface area contributed by atoms with Crippen LogP contribution in [0, 0.1) is 25.2 Å². The summed E-state index contributed by atoms with van der Waals surface area (Å²) in [5, 5.41) is 9.07. The van der Waals surface area contributed by atoms with Crippen LogP contribution in [0.2, 0.25) is 0 Å². The van der Waals surface area contributed by atoms with E-state index in [-0.39, 0.29) is 5.56 Å². The highest BCUT2D eigenvalue weighted by molar-refractivity contribution is 7.99. The molecule has 108 valence electrons. The number of hydrogen-bond acceptors (Lipinski definition) is 2. The zero-order valence-corrected chi connectivity index (χ0v) is 12.3. The fourth-order valence-corrected chi connectivity index (χ4v) is 2.86. The van der Waals surface area contributed by atoms with E-state index >= 15 is 0 Å². The second-order valence-electron chi connectivity index (χ2n) is 4.69. The number of nitriles is 1. The average Bonchev–Trinajstić information content (AvgIpc) is 2.41. The number of halogens is 3. The molecular formula is C16H12F3NS. The van der Waals surface area contributed by atoms with Crippen LogP contribution in [0.1, 0.15) is 22.3 Å². The predicted molar refractivity (Wildman–Crippen MR) is 76.2 cm³/mol. The minimum absolute atomic E-state index is 0.0369. The van der Waals surface area contributed by atoms with E-state index in [2.05, 4.69) is 0 Å². The maximum atomic E-state index is 12.7. The van der Waals surface area contributed by atoms with E-state index in [1.165, 1.54) is 17.8 Å². The van der Waals surface area contributed by atoms with Gasteiger partial charge in [0, 0.05) is 9.79 Å². The number of benzene rings is 2. The molecule has 2 rings (SSSR count). The molecule has 0 aromatic heterocycles. The fourth-order valence-electron chi connectivity index (χ4n) is 1.91. The lowest BCUT2D eigenvalue weighted by Crippen LogP contribution is -2.05. The molecule has 1 nitrogen and oxygen atoms in total. The van der Waals surface area contributed by atoms with Gasteiger partial charge in [-0.15, -0.1) is 0 Å². The van der Waals surface area contributed by atoms with Crippen molar-refractivity contribution in [3.8, 4) is 6.07 Å². The molecule has 0 spiro atoms. The first-order chi connectivity index (χ1) is 9.81. The molecule has 2 aromatic rings. The van der Waals surface area contributed by atoms with Gasteiger partial charge in [0.25, 0.3) is 0 Å². The molecule has 0 radical (unpaired) electrons. The molecule has 0 N–H and O–H groups in total. The van der Waals surface area contributed by atoms with Gasteiger partial charge in [-0.05, 0) is 43.7 Å².